The van der Waals surface area contributed by atoms with Crippen LogP contribution in [0, 0.1) is 0 Å². The van der Waals surface area contributed by atoms with Crippen LogP contribution in [0.15, 0.2) is 18.3 Å². The van der Waals surface area contributed by atoms with Crippen molar-refractivity contribution in [3.8, 4) is 5.88 Å². The number of hydrogen-bond donors (Lipinski definition) is 1. The van der Waals surface area contributed by atoms with E-state index in [9.17, 15) is 0 Å². The molecule has 0 amide bonds. The average molecular weight is 275 g/mol. The van der Waals surface area contributed by atoms with Crippen LogP contribution < -0.4 is 10.1 Å². The van der Waals surface area contributed by atoms with Gasteiger partial charge in [-0.3, -0.25) is 4.90 Å². The number of pyridine rings is 1. The van der Waals surface area contributed by atoms with Crippen LogP contribution in [0.4, 0.5) is 0 Å². The maximum absolute atomic E-state index is 5.77. The van der Waals surface area contributed by atoms with Gasteiger partial charge in [-0.2, -0.15) is 0 Å². The van der Waals surface area contributed by atoms with E-state index in [4.69, 9.17) is 4.74 Å². The fourth-order valence-corrected chi connectivity index (χ4v) is 2.87. The molecule has 4 heteroatoms. The predicted octanol–water partition coefficient (Wildman–Crippen LogP) is 2.20. The van der Waals surface area contributed by atoms with Crippen molar-refractivity contribution in [1.82, 2.24) is 15.2 Å². The molecule has 1 saturated heterocycles. The highest BCUT2D eigenvalue weighted by Crippen LogP contribution is 2.29. The van der Waals surface area contributed by atoms with Gasteiger partial charge in [0.1, 0.15) is 0 Å². The Labute approximate surface area is 121 Å². The van der Waals surface area contributed by atoms with Gasteiger partial charge in [-0.15, -0.1) is 0 Å². The largest absolute Gasteiger partial charge is 0.475 e. The van der Waals surface area contributed by atoms with Crippen molar-refractivity contribution < 1.29 is 4.74 Å². The highest BCUT2D eigenvalue weighted by molar-refractivity contribution is 5.25. The molecule has 1 unspecified atom stereocenters. The first-order valence-corrected chi connectivity index (χ1v) is 7.80. The van der Waals surface area contributed by atoms with Crippen molar-refractivity contribution >= 4 is 0 Å². The summed E-state index contributed by atoms with van der Waals surface area (Å²) < 4.78 is 5.77. The molecule has 110 valence electrons. The number of hydrogen-bond acceptors (Lipinski definition) is 4. The zero-order valence-corrected chi connectivity index (χ0v) is 12.5. The highest BCUT2D eigenvalue weighted by Gasteiger charge is 2.34. The lowest BCUT2D eigenvalue weighted by Gasteiger charge is -2.17. The minimum absolute atomic E-state index is 0.167. The minimum Gasteiger partial charge on any atom is -0.475 e. The smallest absolute Gasteiger partial charge is 0.218 e. The summed E-state index contributed by atoms with van der Waals surface area (Å²) in [5, 5.41) is 3.66. The summed E-state index contributed by atoms with van der Waals surface area (Å²) in [5.74, 6) is 0.770. The first-order valence-electron chi connectivity index (χ1n) is 7.80. The molecule has 2 aliphatic rings. The van der Waals surface area contributed by atoms with Gasteiger partial charge in [0, 0.05) is 43.5 Å². The van der Waals surface area contributed by atoms with Crippen LogP contribution in [0.25, 0.3) is 0 Å². The van der Waals surface area contributed by atoms with E-state index < -0.39 is 0 Å². The molecule has 2 fully saturated rings. The van der Waals surface area contributed by atoms with Crippen molar-refractivity contribution in [2.24, 2.45) is 0 Å². The SMILES string of the molecule is CC(C)Oc1ncccc1CNC1CCN(C2CC2)C1. The van der Waals surface area contributed by atoms with Crippen molar-refractivity contribution in [3.05, 3.63) is 23.9 Å². The summed E-state index contributed by atoms with van der Waals surface area (Å²) in [4.78, 5) is 6.98. The molecule has 20 heavy (non-hydrogen) atoms. The molecule has 0 radical (unpaired) electrons. The number of nitrogens with one attached hydrogen (secondary N) is 1. The first-order chi connectivity index (χ1) is 9.72. The Morgan fingerprint density at radius 3 is 3.00 bits per heavy atom. The van der Waals surface area contributed by atoms with Crippen LogP contribution in [0.3, 0.4) is 0 Å². The van der Waals surface area contributed by atoms with Crippen molar-refractivity contribution in [2.75, 3.05) is 13.1 Å². The monoisotopic (exact) mass is 275 g/mol. The minimum atomic E-state index is 0.167. The van der Waals surface area contributed by atoms with Gasteiger partial charge < -0.3 is 10.1 Å². The molecule has 3 rings (SSSR count). The molecule has 1 aliphatic carbocycles. The fourth-order valence-electron chi connectivity index (χ4n) is 2.87. The quantitative estimate of drug-likeness (QED) is 0.863. The molecule has 1 aliphatic heterocycles. The molecule has 0 spiro atoms. The van der Waals surface area contributed by atoms with Gasteiger partial charge in [0.15, 0.2) is 0 Å². The highest BCUT2D eigenvalue weighted by atomic mass is 16.5. The number of likely N-dealkylation sites (tertiary alicyclic amines) is 1. The molecule has 1 saturated carbocycles. The number of aromatic nitrogens is 1. The third kappa shape index (κ3) is 3.49. The molecule has 1 aromatic heterocycles. The van der Waals surface area contributed by atoms with Gasteiger partial charge in [0.25, 0.3) is 0 Å². The van der Waals surface area contributed by atoms with E-state index >= 15 is 0 Å². The van der Waals surface area contributed by atoms with Crippen molar-refractivity contribution in [1.29, 1.82) is 0 Å². The van der Waals surface area contributed by atoms with Gasteiger partial charge in [0.05, 0.1) is 6.10 Å². The summed E-state index contributed by atoms with van der Waals surface area (Å²) in [7, 11) is 0. The fraction of sp³-hybridized carbons (Fsp3) is 0.688. The second-order valence-electron chi connectivity index (χ2n) is 6.23. The molecule has 1 aromatic rings. The Morgan fingerprint density at radius 2 is 2.25 bits per heavy atom. The lowest BCUT2D eigenvalue weighted by molar-refractivity contribution is 0.229. The average Bonchev–Trinajstić information content (AvgIpc) is 3.17. The Kier molecular flexibility index (Phi) is 4.22. The molecule has 2 heterocycles. The summed E-state index contributed by atoms with van der Waals surface area (Å²) >= 11 is 0. The maximum atomic E-state index is 5.77. The van der Waals surface area contributed by atoms with Crippen molar-refractivity contribution in [3.63, 3.8) is 0 Å². The maximum Gasteiger partial charge on any atom is 0.218 e. The molecular formula is C16H25N3O. The van der Waals surface area contributed by atoms with E-state index in [0.29, 0.717) is 6.04 Å². The van der Waals surface area contributed by atoms with E-state index in [2.05, 4.69) is 21.3 Å². The summed E-state index contributed by atoms with van der Waals surface area (Å²) in [6.45, 7) is 7.38. The van der Waals surface area contributed by atoms with Gasteiger partial charge >= 0.3 is 0 Å². The molecule has 1 atom stereocenters. The van der Waals surface area contributed by atoms with E-state index in [-0.39, 0.29) is 6.10 Å². The Morgan fingerprint density at radius 1 is 1.40 bits per heavy atom. The van der Waals surface area contributed by atoms with Gasteiger partial charge in [-0.1, -0.05) is 6.07 Å². The van der Waals surface area contributed by atoms with E-state index in [1.807, 2.05) is 19.9 Å². The van der Waals surface area contributed by atoms with Gasteiger partial charge in [-0.25, -0.2) is 4.98 Å². The molecule has 0 aromatic carbocycles. The van der Waals surface area contributed by atoms with Crippen molar-refractivity contribution in [2.45, 2.75) is 57.8 Å². The lowest BCUT2D eigenvalue weighted by Crippen LogP contribution is -2.33. The van der Waals surface area contributed by atoms with Gasteiger partial charge in [0.2, 0.25) is 5.88 Å². The first kappa shape index (κ1) is 13.8. The summed E-state index contributed by atoms with van der Waals surface area (Å²) in [5.41, 5.74) is 1.16. The normalized spacial score (nSPS) is 23.4. The Balaban J connectivity index is 1.53. The van der Waals surface area contributed by atoms with Crippen LogP contribution in [0.5, 0.6) is 5.88 Å². The van der Waals surface area contributed by atoms with E-state index in [0.717, 1.165) is 24.0 Å². The van der Waals surface area contributed by atoms with Gasteiger partial charge in [-0.05, 0) is 39.2 Å². The topological polar surface area (TPSA) is 37.4 Å². The van der Waals surface area contributed by atoms with Crippen LogP contribution in [-0.2, 0) is 6.54 Å². The standard InChI is InChI=1S/C16H25N3O/c1-12(2)20-16-13(4-3-8-17-16)10-18-14-7-9-19(11-14)15-5-6-15/h3-4,8,12,14-15,18H,5-7,9-11H2,1-2H3. The third-order valence-corrected chi connectivity index (χ3v) is 4.06. The summed E-state index contributed by atoms with van der Waals surface area (Å²) in [6, 6.07) is 5.59. The molecule has 0 bridgehead atoms. The summed E-state index contributed by atoms with van der Waals surface area (Å²) in [6.07, 6.45) is 6.03. The van der Waals surface area contributed by atoms with E-state index in [1.165, 1.54) is 32.4 Å². The van der Waals surface area contributed by atoms with Crippen LogP contribution in [0.1, 0.15) is 38.7 Å². The Hall–Kier alpha value is -1.13. The second-order valence-corrected chi connectivity index (χ2v) is 6.23. The lowest BCUT2D eigenvalue weighted by atomic mass is 10.2. The number of nitrogens with zero attached hydrogens (tertiary/aromatic N) is 2. The number of rotatable bonds is 6. The Bertz CT molecular complexity index is 445. The van der Waals surface area contributed by atoms with Crippen LogP contribution in [-0.4, -0.2) is 41.2 Å². The zero-order valence-electron chi connectivity index (χ0n) is 12.5. The van der Waals surface area contributed by atoms with Crippen LogP contribution >= 0.6 is 0 Å². The predicted molar refractivity (Wildman–Crippen MR) is 79.8 cm³/mol. The zero-order chi connectivity index (χ0) is 13.9. The third-order valence-electron chi connectivity index (χ3n) is 4.06. The molecule has 4 nitrogen and oxygen atoms in total. The van der Waals surface area contributed by atoms with E-state index in [1.54, 1.807) is 6.20 Å². The molecular weight excluding hydrogens is 250 g/mol. The van der Waals surface area contributed by atoms with Crippen LogP contribution in [0.2, 0.25) is 0 Å². The number of ether oxygens (including phenoxy) is 1. The second kappa shape index (κ2) is 6.10. The molecule has 1 N–H and O–H groups in total.